The van der Waals surface area contributed by atoms with Gasteiger partial charge in [0.15, 0.2) is 11.4 Å². The maximum Gasteiger partial charge on any atom is 0.416 e. The van der Waals surface area contributed by atoms with Crippen molar-refractivity contribution in [3.05, 3.63) is 75.6 Å². The fraction of sp³-hybridized carbons (Fsp3) is 0.355. The van der Waals surface area contributed by atoms with E-state index in [-0.39, 0.29) is 39.4 Å². The Bertz CT molecular complexity index is 1800. The van der Waals surface area contributed by atoms with Gasteiger partial charge in [0.1, 0.15) is 27.7 Å². The van der Waals surface area contributed by atoms with Crippen molar-refractivity contribution in [2.24, 2.45) is 17.6 Å². The van der Waals surface area contributed by atoms with Crippen LogP contribution in [0.3, 0.4) is 0 Å². The molecule has 0 aliphatic heterocycles. The monoisotopic (exact) mass is 803 g/mol. The van der Waals surface area contributed by atoms with Gasteiger partial charge in [-0.1, -0.05) is 41.1 Å². The zero-order valence-corrected chi connectivity index (χ0v) is 28.5. The summed E-state index contributed by atoms with van der Waals surface area (Å²) in [4.78, 5) is 52.7. The Morgan fingerprint density at radius 2 is 1.65 bits per heavy atom. The predicted molar refractivity (Wildman–Crippen MR) is 172 cm³/mol. The third kappa shape index (κ3) is 5.41. The number of primary amides is 1. The number of rotatable bonds is 5. The standard InChI is InChI=1S/C31H29BrF3N3O9.BrH/c1-10-13-8-9-14(37-29(46)20(32)11-4-6-12(7-5-11)31(33,34)35)22(39)16(13)23(40)17-15(10)24(41)19-21(38(2)3)25(42)18(28(36)45)27(44)30(19,47)26(17)43;/h4-10,15,19-21,24,39-41,44,47H,1-3H3,(H2,36,45)(H,37,46);1H/t10?,15?,19?,20?,21-,24?,30?;/m0./s1. The molecule has 1 saturated carbocycles. The first-order chi connectivity index (χ1) is 21.8. The van der Waals surface area contributed by atoms with Crippen molar-refractivity contribution < 1.29 is 57.9 Å². The van der Waals surface area contributed by atoms with Gasteiger partial charge in [-0.3, -0.25) is 24.1 Å². The van der Waals surface area contributed by atoms with Crippen molar-refractivity contribution in [1.29, 1.82) is 0 Å². The number of carbonyl (C=O) groups excluding carboxylic acids is 4. The Morgan fingerprint density at radius 1 is 1.06 bits per heavy atom. The molecular formula is C31H30Br2F3N3O9. The summed E-state index contributed by atoms with van der Waals surface area (Å²) in [6.07, 6.45) is -6.36. The number of fused-ring (bicyclic) bond motifs is 3. The van der Waals surface area contributed by atoms with Crippen LogP contribution < -0.4 is 11.1 Å². The first-order valence-corrected chi connectivity index (χ1v) is 15.0. The lowest BCUT2D eigenvalue weighted by atomic mass is 9.54. The van der Waals surface area contributed by atoms with E-state index < -0.39 is 104 Å². The highest BCUT2D eigenvalue weighted by molar-refractivity contribution is 9.09. The number of nitrogens with zero attached hydrogens (tertiary/aromatic N) is 1. The van der Waals surface area contributed by atoms with Gasteiger partial charge in [-0.05, 0) is 49.3 Å². The molecule has 258 valence electrons. The number of hydrogen-bond donors (Lipinski definition) is 7. The number of halogens is 5. The van der Waals surface area contributed by atoms with Gasteiger partial charge < -0.3 is 36.6 Å². The molecule has 2 amide bonds. The number of carbonyl (C=O) groups is 4. The fourth-order valence-corrected chi connectivity index (χ4v) is 7.33. The molecule has 7 atom stereocenters. The van der Waals surface area contributed by atoms with Gasteiger partial charge in [0, 0.05) is 11.5 Å². The third-order valence-corrected chi connectivity index (χ3v) is 10.1. The minimum Gasteiger partial charge on any atom is -0.508 e. The highest BCUT2D eigenvalue weighted by atomic mass is 79.9. The summed E-state index contributed by atoms with van der Waals surface area (Å²) in [7, 11) is 2.79. The minimum atomic E-state index is -4.59. The van der Waals surface area contributed by atoms with E-state index in [0.29, 0.717) is 0 Å². The number of amides is 2. The maximum atomic E-state index is 14.1. The lowest BCUT2D eigenvalue weighted by molar-refractivity contribution is -0.169. The summed E-state index contributed by atoms with van der Waals surface area (Å²) < 4.78 is 38.9. The molecule has 48 heavy (non-hydrogen) atoms. The zero-order valence-electron chi connectivity index (χ0n) is 25.2. The van der Waals surface area contributed by atoms with E-state index in [9.17, 15) is 57.9 Å². The van der Waals surface area contributed by atoms with E-state index in [1.54, 1.807) is 6.92 Å². The highest BCUT2D eigenvalue weighted by Gasteiger charge is 2.68. The fourth-order valence-electron chi connectivity index (χ4n) is 6.91. The number of alkyl halides is 4. The van der Waals surface area contributed by atoms with Crippen LogP contribution in [0.15, 0.2) is 53.3 Å². The van der Waals surface area contributed by atoms with E-state index in [2.05, 4.69) is 21.2 Å². The van der Waals surface area contributed by atoms with Gasteiger partial charge in [0.05, 0.1) is 34.9 Å². The Hall–Kier alpha value is -3.77. The molecule has 0 saturated heterocycles. The number of aliphatic hydroxyl groups excluding tert-OH is 3. The molecule has 2 aromatic rings. The Morgan fingerprint density at radius 3 is 2.17 bits per heavy atom. The van der Waals surface area contributed by atoms with Crippen LogP contribution in [-0.2, 0) is 25.4 Å². The average Bonchev–Trinajstić information content (AvgIpc) is 2.99. The van der Waals surface area contributed by atoms with Crippen molar-refractivity contribution in [2.45, 2.75) is 41.6 Å². The number of anilines is 1. The molecule has 6 unspecified atom stereocenters. The lowest BCUT2D eigenvalue weighted by Crippen LogP contribution is -2.70. The van der Waals surface area contributed by atoms with Gasteiger partial charge in [-0.25, -0.2) is 0 Å². The third-order valence-electron chi connectivity index (χ3n) is 9.15. The maximum absolute atomic E-state index is 14.1. The van der Waals surface area contributed by atoms with Crippen molar-refractivity contribution >= 4 is 67.7 Å². The summed E-state index contributed by atoms with van der Waals surface area (Å²) >= 11 is 3.12. The number of Topliss-reactive ketones (excluding diaryl/α,β-unsaturated/α-hetero) is 2. The number of nitrogens with two attached hydrogens (primary N) is 1. The number of aromatic hydroxyl groups is 1. The molecule has 12 nitrogen and oxygen atoms in total. The van der Waals surface area contributed by atoms with Gasteiger partial charge in [0.2, 0.25) is 11.7 Å². The molecule has 0 heterocycles. The first kappa shape index (κ1) is 37.1. The van der Waals surface area contributed by atoms with Gasteiger partial charge in [-0.2, -0.15) is 13.2 Å². The van der Waals surface area contributed by atoms with Crippen LogP contribution in [0.1, 0.15) is 39.9 Å². The van der Waals surface area contributed by atoms with E-state index in [4.69, 9.17) is 5.73 Å². The second-order valence-corrected chi connectivity index (χ2v) is 12.9. The van der Waals surface area contributed by atoms with Crippen molar-refractivity contribution in [1.82, 2.24) is 4.90 Å². The number of aliphatic hydroxyl groups is 4. The van der Waals surface area contributed by atoms with Gasteiger partial charge >= 0.3 is 6.18 Å². The van der Waals surface area contributed by atoms with Crippen LogP contribution in [0.5, 0.6) is 5.75 Å². The average molecular weight is 805 g/mol. The molecule has 3 aliphatic carbocycles. The van der Waals surface area contributed by atoms with Gasteiger partial charge in [0.25, 0.3) is 5.91 Å². The van der Waals surface area contributed by atoms with Crippen LogP contribution in [0, 0.1) is 11.8 Å². The molecule has 0 aromatic heterocycles. The van der Waals surface area contributed by atoms with E-state index in [1.165, 1.54) is 31.1 Å². The number of nitrogens with one attached hydrogen (secondary N) is 1. The number of ketones is 2. The molecule has 0 bridgehead atoms. The zero-order chi connectivity index (χ0) is 35.1. The molecule has 5 rings (SSSR count). The summed E-state index contributed by atoms with van der Waals surface area (Å²) in [5.74, 6) is -11.5. The number of phenolic OH excluding ortho intramolecular Hbond substituents is 1. The first-order valence-electron chi connectivity index (χ1n) is 14.1. The van der Waals surface area contributed by atoms with Gasteiger partial charge in [-0.15, -0.1) is 17.0 Å². The smallest absolute Gasteiger partial charge is 0.416 e. The molecule has 0 spiro atoms. The van der Waals surface area contributed by atoms with E-state index in [1.807, 2.05) is 0 Å². The number of benzene rings is 2. The number of likely N-dealkylation sites (N-methyl/N-ethyl adjacent to an activating group) is 1. The van der Waals surface area contributed by atoms with E-state index >= 15 is 0 Å². The molecule has 17 heteroatoms. The molecule has 2 aromatic carbocycles. The lowest BCUT2D eigenvalue weighted by Gasteiger charge is -2.53. The quantitative estimate of drug-likeness (QED) is 0.133. The van der Waals surface area contributed by atoms with E-state index in [0.717, 1.165) is 24.3 Å². The Balaban J connectivity index is 0.00000520. The van der Waals surface area contributed by atoms with Crippen LogP contribution >= 0.6 is 32.9 Å². The molecule has 0 radical (unpaired) electrons. The van der Waals surface area contributed by atoms with Crippen molar-refractivity contribution in [2.75, 3.05) is 19.4 Å². The molecule has 3 aliphatic rings. The Labute approximate surface area is 289 Å². The number of phenols is 1. The summed E-state index contributed by atoms with van der Waals surface area (Å²) in [6.45, 7) is 1.55. The topological polar surface area (TPSA) is 211 Å². The van der Waals surface area contributed by atoms with Crippen LogP contribution in [-0.4, -0.2) is 85.7 Å². The normalized spacial score (nSPS) is 27.5. The molecule has 8 N–H and O–H groups in total. The van der Waals surface area contributed by atoms with Crippen LogP contribution in [0.4, 0.5) is 18.9 Å². The summed E-state index contributed by atoms with van der Waals surface area (Å²) in [5.41, 5.74) is -0.595. The number of hydrogen-bond acceptors (Lipinski definition) is 10. The van der Waals surface area contributed by atoms with Crippen molar-refractivity contribution in [3.63, 3.8) is 0 Å². The Kier molecular flexibility index (Phi) is 9.73. The SMILES string of the molecule is Br.CC1c2ccc(NC(=O)C(Br)c3ccc(C(F)(F)F)cc3)c(O)c2C(O)=C2C(=O)C3(O)C(O)=C(C(N)=O)C(=O)[C@@H](N(C)C)C3C(O)C21. The summed E-state index contributed by atoms with van der Waals surface area (Å²) in [5, 5.41) is 59.6. The second-order valence-electron chi connectivity index (χ2n) is 11.9. The minimum absolute atomic E-state index is 0. The predicted octanol–water partition coefficient (Wildman–Crippen LogP) is 3.17. The van der Waals surface area contributed by atoms with Crippen molar-refractivity contribution in [3.8, 4) is 5.75 Å². The van der Waals surface area contributed by atoms with Crippen LogP contribution in [0.25, 0.3) is 5.76 Å². The highest BCUT2D eigenvalue weighted by Crippen LogP contribution is 2.56. The summed E-state index contributed by atoms with van der Waals surface area (Å²) in [6, 6.07) is 4.97. The second kappa shape index (κ2) is 12.6. The molecular weight excluding hydrogens is 775 g/mol. The largest absolute Gasteiger partial charge is 0.508 e. The molecule has 1 fully saturated rings. The van der Waals surface area contributed by atoms with Crippen LogP contribution in [0.2, 0.25) is 0 Å².